The lowest BCUT2D eigenvalue weighted by Gasteiger charge is -2.10. The van der Waals surface area contributed by atoms with Gasteiger partial charge in [-0.15, -0.1) is 0 Å². The van der Waals surface area contributed by atoms with E-state index in [9.17, 15) is 9.59 Å². The molecule has 0 aliphatic heterocycles. The van der Waals surface area contributed by atoms with Crippen molar-refractivity contribution in [3.05, 3.63) is 84.4 Å². The Morgan fingerprint density at radius 2 is 1.59 bits per heavy atom. The van der Waals surface area contributed by atoms with Crippen molar-refractivity contribution in [1.82, 2.24) is 10.7 Å². The molecular weight excluding hydrogens is 430 g/mol. The molecular formula is C27H25N3O4. The Kier molecular flexibility index (Phi) is 7.35. The van der Waals surface area contributed by atoms with Gasteiger partial charge in [-0.25, -0.2) is 5.43 Å². The maximum absolute atomic E-state index is 12.1. The number of hydrogen-bond acceptors (Lipinski definition) is 5. The van der Waals surface area contributed by atoms with E-state index in [1.54, 1.807) is 12.3 Å². The molecule has 2 amide bonds. The smallest absolute Gasteiger partial charge is 0.259 e. The Balaban J connectivity index is 1.28. The second kappa shape index (κ2) is 11.0. The van der Waals surface area contributed by atoms with Crippen molar-refractivity contribution in [3.8, 4) is 11.5 Å². The van der Waals surface area contributed by atoms with Crippen molar-refractivity contribution >= 4 is 39.6 Å². The minimum atomic E-state index is -0.450. The van der Waals surface area contributed by atoms with Gasteiger partial charge in [0.25, 0.3) is 11.8 Å². The molecule has 7 nitrogen and oxygen atoms in total. The minimum absolute atomic E-state index is 0.192. The van der Waals surface area contributed by atoms with Gasteiger partial charge in [0.1, 0.15) is 11.5 Å². The Morgan fingerprint density at radius 1 is 0.853 bits per heavy atom. The summed E-state index contributed by atoms with van der Waals surface area (Å²) in [6.07, 6.45) is 1.55. The SMILES string of the molecule is CCOc1ccc2ccccc2c1/C=N\NC(=O)CNC(=O)COc1ccc2ccccc2c1. The number of rotatable bonds is 9. The van der Waals surface area contributed by atoms with E-state index in [0.29, 0.717) is 18.1 Å². The zero-order chi connectivity index (χ0) is 23.8. The van der Waals surface area contributed by atoms with Crippen molar-refractivity contribution in [1.29, 1.82) is 0 Å². The average molecular weight is 456 g/mol. The molecule has 0 saturated carbocycles. The van der Waals surface area contributed by atoms with E-state index in [1.807, 2.05) is 79.7 Å². The van der Waals surface area contributed by atoms with Crippen LogP contribution in [0.1, 0.15) is 12.5 Å². The van der Waals surface area contributed by atoms with E-state index in [4.69, 9.17) is 9.47 Å². The van der Waals surface area contributed by atoms with Gasteiger partial charge in [-0.2, -0.15) is 5.10 Å². The van der Waals surface area contributed by atoms with Crippen LogP contribution in [0.25, 0.3) is 21.5 Å². The lowest BCUT2D eigenvalue weighted by Crippen LogP contribution is -2.37. The third kappa shape index (κ3) is 5.69. The fourth-order valence-electron chi connectivity index (χ4n) is 3.53. The second-order valence-electron chi connectivity index (χ2n) is 7.50. The molecule has 0 aliphatic carbocycles. The predicted molar refractivity (Wildman–Crippen MR) is 133 cm³/mol. The highest BCUT2D eigenvalue weighted by atomic mass is 16.5. The number of nitrogens with one attached hydrogen (secondary N) is 2. The van der Waals surface area contributed by atoms with Crippen LogP contribution in [0, 0.1) is 0 Å². The van der Waals surface area contributed by atoms with Crippen LogP contribution in [-0.4, -0.2) is 37.8 Å². The van der Waals surface area contributed by atoms with Gasteiger partial charge >= 0.3 is 0 Å². The van der Waals surface area contributed by atoms with Crippen LogP contribution in [-0.2, 0) is 9.59 Å². The fraction of sp³-hybridized carbons (Fsp3) is 0.148. The summed E-state index contributed by atoms with van der Waals surface area (Å²) in [6, 6.07) is 25.2. The average Bonchev–Trinajstić information content (AvgIpc) is 2.87. The first-order chi connectivity index (χ1) is 16.6. The van der Waals surface area contributed by atoms with Gasteiger partial charge in [0, 0.05) is 5.56 Å². The normalized spacial score (nSPS) is 11.0. The summed E-state index contributed by atoms with van der Waals surface area (Å²) in [5, 5.41) is 10.7. The van der Waals surface area contributed by atoms with Gasteiger partial charge in [-0.05, 0) is 46.7 Å². The molecule has 0 bridgehead atoms. The van der Waals surface area contributed by atoms with E-state index < -0.39 is 11.8 Å². The molecule has 0 spiro atoms. The monoisotopic (exact) mass is 455 g/mol. The Hall–Kier alpha value is -4.39. The molecule has 2 N–H and O–H groups in total. The van der Waals surface area contributed by atoms with Crippen molar-refractivity contribution in [2.45, 2.75) is 6.92 Å². The zero-order valence-electron chi connectivity index (χ0n) is 18.8. The highest BCUT2D eigenvalue weighted by Crippen LogP contribution is 2.26. The Morgan fingerprint density at radius 3 is 2.41 bits per heavy atom. The maximum atomic E-state index is 12.1. The molecule has 34 heavy (non-hydrogen) atoms. The van der Waals surface area contributed by atoms with Crippen molar-refractivity contribution < 1.29 is 19.1 Å². The van der Waals surface area contributed by atoms with Crippen LogP contribution in [0.2, 0.25) is 0 Å². The molecule has 0 fully saturated rings. The Labute approximate surface area is 197 Å². The molecule has 172 valence electrons. The molecule has 0 saturated heterocycles. The second-order valence-corrected chi connectivity index (χ2v) is 7.50. The molecule has 4 aromatic carbocycles. The minimum Gasteiger partial charge on any atom is -0.493 e. The molecule has 0 radical (unpaired) electrons. The largest absolute Gasteiger partial charge is 0.493 e. The van der Waals surface area contributed by atoms with E-state index >= 15 is 0 Å². The zero-order valence-corrected chi connectivity index (χ0v) is 18.8. The molecule has 0 atom stereocenters. The number of amides is 2. The summed E-state index contributed by atoms with van der Waals surface area (Å²) in [5.74, 6) is 0.412. The van der Waals surface area contributed by atoms with Crippen LogP contribution in [0.15, 0.2) is 84.0 Å². The summed E-state index contributed by atoms with van der Waals surface area (Å²) in [4.78, 5) is 24.2. The molecule has 0 unspecified atom stereocenters. The lowest BCUT2D eigenvalue weighted by molar-refractivity contribution is -0.127. The number of carbonyl (C=O) groups is 2. The van der Waals surface area contributed by atoms with Crippen LogP contribution < -0.4 is 20.2 Å². The van der Waals surface area contributed by atoms with Crippen LogP contribution in [0.4, 0.5) is 0 Å². The van der Waals surface area contributed by atoms with Crippen LogP contribution >= 0.6 is 0 Å². The quantitative estimate of drug-likeness (QED) is 0.295. The molecule has 0 heterocycles. The number of benzene rings is 4. The molecule has 0 aliphatic rings. The van der Waals surface area contributed by atoms with Crippen molar-refractivity contribution in [3.63, 3.8) is 0 Å². The number of hydrazone groups is 1. The van der Waals surface area contributed by atoms with Crippen LogP contribution in [0.3, 0.4) is 0 Å². The highest BCUT2D eigenvalue weighted by molar-refractivity contribution is 6.02. The molecule has 0 aromatic heterocycles. The first kappa shape index (κ1) is 22.8. The van der Waals surface area contributed by atoms with Gasteiger partial charge in [-0.1, -0.05) is 60.7 Å². The topological polar surface area (TPSA) is 89.0 Å². The number of hydrogen-bond donors (Lipinski definition) is 2. The number of nitrogens with zero attached hydrogens (tertiary/aromatic N) is 1. The summed E-state index contributed by atoms with van der Waals surface area (Å²) >= 11 is 0. The predicted octanol–water partition coefficient (Wildman–Crippen LogP) is 4.04. The first-order valence-corrected chi connectivity index (χ1v) is 11.0. The van der Waals surface area contributed by atoms with Gasteiger partial charge in [0.2, 0.25) is 0 Å². The number of fused-ring (bicyclic) bond motifs is 2. The van der Waals surface area contributed by atoms with E-state index in [1.165, 1.54) is 0 Å². The highest BCUT2D eigenvalue weighted by Gasteiger charge is 2.08. The third-order valence-corrected chi connectivity index (χ3v) is 5.15. The van der Waals surface area contributed by atoms with Crippen molar-refractivity contribution in [2.75, 3.05) is 19.8 Å². The molecule has 4 rings (SSSR count). The standard InChI is InChI=1S/C27H25N3O4/c1-2-33-25-14-12-20-8-5-6-10-23(20)24(25)16-29-30-26(31)17-28-27(32)18-34-22-13-11-19-7-3-4-9-21(19)15-22/h3-16H,2,17-18H2,1H3,(H,28,32)(H,30,31)/b29-16-. The van der Waals surface area contributed by atoms with Gasteiger partial charge in [-0.3, -0.25) is 9.59 Å². The van der Waals surface area contributed by atoms with E-state index in [-0.39, 0.29) is 13.2 Å². The number of ether oxygens (including phenoxy) is 2. The van der Waals surface area contributed by atoms with Gasteiger partial charge < -0.3 is 14.8 Å². The summed E-state index contributed by atoms with van der Waals surface area (Å²) in [6.45, 7) is 2.01. The van der Waals surface area contributed by atoms with Gasteiger partial charge in [0.05, 0.1) is 19.4 Å². The number of carbonyl (C=O) groups excluding carboxylic acids is 2. The first-order valence-electron chi connectivity index (χ1n) is 11.0. The van der Waals surface area contributed by atoms with E-state index in [0.717, 1.165) is 27.1 Å². The van der Waals surface area contributed by atoms with Crippen LogP contribution in [0.5, 0.6) is 11.5 Å². The van der Waals surface area contributed by atoms with E-state index in [2.05, 4.69) is 15.8 Å². The van der Waals surface area contributed by atoms with Crippen molar-refractivity contribution in [2.24, 2.45) is 5.10 Å². The summed E-state index contributed by atoms with van der Waals surface area (Å²) in [7, 11) is 0. The fourth-order valence-corrected chi connectivity index (χ4v) is 3.53. The summed E-state index contributed by atoms with van der Waals surface area (Å²) < 4.78 is 11.2. The molecule has 7 heteroatoms. The maximum Gasteiger partial charge on any atom is 0.259 e. The lowest BCUT2D eigenvalue weighted by atomic mass is 10.0. The summed E-state index contributed by atoms with van der Waals surface area (Å²) in [5.41, 5.74) is 3.21. The Bertz CT molecular complexity index is 1350. The third-order valence-electron chi connectivity index (χ3n) is 5.15. The molecule has 4 aromatic rings. The van der Waals surface area contributed by atoms with Gasteiger partial charge in [0.15, 0.2) is 6.61 Å².